The fourth-order valence-corrected chi connectivity index (χ4v) is 2.79. The molecule has 7 heteroatoms. The lowest BCUT2D eigenvalue weighted by molar-refractivity contribution is -0.123. The van der Waals surface area contributed by atoms with Crippen LogP contribution in [0.5, 0.6) is 11.5 Å². The molecular weight excluding hydrogens is 361 g/mol. The normalized spacial score (nSPS) is 11.7. The van der Waals surface area contributed by atoms with Crippen molar-refractivity contribution in [2.45, 2.75) is 13.0 Å². The number of carbonyl (C=O) groups is 1. The standard InChI is InChI=1S/C21H22FN3O3/c1-3-27-17-7-9-18(10-8-17)28-14-19(26)24-20(21-23-11-12-25(21)2)15-5-4-6-16(22)13-15/h4-13,20H,3,14H2,1-2H3,(H,24,26). The van der Waals surface area contributed by atoms with Gasteiger partial charge in [-0.05, 0) is 48.9 Å². The smallest absolute Gasteiger partial charge is 0.258 e. The summed E-state index contributed by atoms with van der Waals surface area (Å²) < 4.78 is 26.4. The van der Waals surface area contributed by atoms with Crippen molar-refractivity contribution in [2.75, 3.05) is 13.2 Å². The Kier molecular flexibility index (Phi) is 6.26. The van der Waals surface area contributed by atoms with Crippen molar-refractivity contribution in [3.8, 4) is 11.5 Å². The first-order valence-corrected chi connectivity index (χ1v) is 8.94. The largest absolute Gasteiger partial charge is 0.494 e. The molecular formula is C21H22FN3O3. The molecule has 0 fully saturated rings. The molecule has 0 saturated carbocycles. The third-order valence-corrected chi connectivity index (χ3v) is 4.11. The van der Waals surface area contributed by atoms with Crippen molar-refractivity contribution >= 4 is 5.91 Å². The van der Waals surface area contributed by atoms with Gasteiger partial charge in [-0.25, -0.2) is 9.37 Å². The lowest BCUT2D eigenvalue weighted by Crippen LogP contribution is -2.34. The summed E-state index contributed by atoms with van der Waals surface area (Å²) in [5.41, 5.74) is 0.601. The summed E-state index contributed by atoms with van der Waals surface area (Å²) in [4.78, 5) is 16.8. The Bertz CT molecular complexity index is 925. The molecule has 0 radical (unpaired) electrons. The Morgan fingerprint density at radius 3 is 2.50 bits per heavy atom. The molecule has 0 spiro atoms. The summed E-state index contributed by atoms with van der Waals surface area (Å²) in [5.74, 6) is 1.17. The van der Waals surface area contributed by atoms with E-state index < -0.39 is 6.04 Å². The van der Waals surface area contributed by atoms with Crippen LogP contribution in [0.25, 0.3) is 0 Å². The number of amides is 1. The number of nitrogens with one attached hydrogen (secondary N) is 1. The molecule has 2 aromatic carbocycles. The Morgan fingerprint density at radius 2 is 1.89 bits per heavy atom. The molecule has 1 amide bonds. The van der Waals surface area contributed by atoms with Crippen LogP contribution < -0.4 is 14.8 Å². The Hall–Kier alpha value is -3.35. The van der Waals surface area contributed by atoms with E-state index in [1.165, 1.54) is 12.1 Å². The van der Waals surface area contributed by atoms with Crippen LogP contribution in [0, 0.1) is 5.82 Å². The van der Waals surface area contributed by atoms with Gasteiger partial charge in [-0.3, -0.25) is 4.79 Å². The number of ether oxygens (including phenoxy) is 2. The molecule has 3 rings (SSSR count). The van der Waals surface area contributed by atoms with Crippen molar-refractivity contribution in [3.05, 3.63) is 78.1 Å². The number of rotatable bonds is 8. The zero-order chi connectivity index (χ0) is 19.9. The zero-order valence-electron chi connectivity index (χ0n) is 15.8. The van der Waals surface area contributed by atoms with Crippen LogP contribution in [0.1, 0.15) is 24.4 Å². The molecule has 28 heavy (non-hydrogen) atoms. The van der Waals surface area contributed by atoms with E-state index in [0.717, 1.165) is 5.75 Å². The van der Waals surface area contributed by atoms with Crippen molar-refractivity contribution in [1.82, 2.24) is 14.9 Å². The second-order valence-corrected chi connectivity index (χ2v) is 6.14. The summed E-state index contributed by atoms with van der Waals surface area (Å²) in [7, 11) is 1.82. The highest BCUT2D eigenvalue weighted by Gasteiger charge is 2.21. The van der Waals surface area contributed by atoms with E-state index in [1.807, 2.05) is 14.0 Å². The molecule has 1 atom stereocenters. The molecule has 0 bridgehead atoms. The lowest BCUT2D eigenvalue weighted by atomic mass is 10.1. The summed E-state index contributed by atoms with van der Waals surface area (Å²) in [5, 5.41) is 2.87. The van der Waals surface area contributed by atoms with Crippen molar-refractivity contribution in [1.29, 1.82) is 0 Å². The molecule has 0 aliphatic carbocycles. The van der Waals surface area contributed by atoms with Gasteiger partial charge in [-0.15, -0.1) is 0 Å². The Balaban J connectivity index is 1.68. The van der Waals surface area contributed by atoms with Crippen molar-refractivity contribution < 1.29 is 18.7 Å². The van der Waals surface area contributed by atoms with E-state index >= 15 is 0 Å². The first-order chi connectivity index (χ1) is 13.6. The highest BCUT2D eigenvalue weighted by Crippen LogP contribution is 2.21. The van der Waals surface area contributed by atoms with Crippen LogP contribution >= 0.6 is 0 Å². The van der Waals surface area contributed by atoms with E-state index in [4.69, 9.17) is 9.47 Å². The Labute approximate surface area is 162 Å². The maximum atomic E-state index is 13.7. The summed E-state index contributed by atoms with van der Waals surface area (Å²) >= 11 is 0. The average Bonchev–Trinajstić information content (AvgIpc) is 3.11. The topological polar surface area (TPSA) is 65.4 Å². The molecule has 1 aromatic heterocycles. The first kappa shape index (κ1) is 19.4. The van der Waals surface area contributed by atoms with Crippen molar-refractivity contribution in [2.24, 2.45) is 7.05 Å². The van der Waals surface area contributed by atoms with E-state index in [1.54, 1.807) is 53.4 Å². The number of benzene rings is 2. The number of aromatic nitrogens is 2. The number of aryl methyl sites for hydroxylation is 1. The molecule has 6 nitrogen and oxygen atoms in total. The third kappa shape index (κ3) is 4.88. The Morgan fingerprint density at radius 1 is 1.18 bits per heavy atom. The number of carbonyl (C=O) groups excluding carboxylic acids is 1. The van der Waals surface area contributed by atoms with Gasteiger partial charge in [-0.2, -0.15) is 0 Å². The maximum Gasteiger partial charge on any atom is 0.258 e. The van der Waals surface area contributed by atoms with E-state index in [2.05, 4.69) is 10.3 Å². The summed E-state index contributed by atoms with van der Waals surface area (Å²) in [6, 6.07) is 12.5. The van der Waals surface area contributed by atoms with E-state index in [-0.39, 0.29) is 18.3 Å². The van der Waals surface area contributed by atoms with Gasteiger partial charge < -0.3 is 19.4 Å². The van der Waals surface area contributed by atoms with Crippen LogP contribution in [0.15, 0.2) is 60.9 Å². The molecule has 0 aliphatic rings. The number of hydrogen-bond donors (Lipinski definition) is 1. The molecule has 1 heterocycles. The van der Waals surface area contributed by atoms with Gasteiger partial charge in [0, 0.05) is 19.4 Å². The van der Waals surface area contributed by atoms with Crippen molar-refractivity contribution in [3.63, 3.8) is 0 Å². The molecule has 1 N–H and O–H groups in total. The van der Waals surface area contributed by atoms with Crippen LogP contribution in [0.2, 0.25) is 0 Å². The van der Waals surface area contributed by atoms with E-state index in [0.29, 0.717) is 23.7 Å². The quantitative estimate of drug-likeness (QED) is 0.649. The lowest BCUT2D eigenvalue weighted by Gasteiger charge is -2.19. The monoisotopic (exact) mass is 383 g/mol. The minimum atomic E-state index is -0.591. The molecule has 1 unspecified atom stereocenters. The van der Waals surface area contributed by atoms with Gasteiger partial charge in [0.1, 0.15) is 29.2 Å². The van der Waals surface area contributed by atoms with E-state index in [9.17, 15) is 9.18 Å². The second-order valence-electron chi connectivity index (χ2n) is 6.14. The van der Waals surface area contributed by atoms with Crippen LogP contribution in [-0.4, -0.2) is 28.7 Å². The van der Waals surface area contributed by atoms with Crippen LogP contribution in [0.4, 0.5) is 4.39 Å². The molecule has 3 aromatic rings. The average molecular weight is 383 g/mol. The number of imidazole rings is 1. The number of nitrogens with zero attached hydrogens (tertiary/aromatic N) is 2. The zero-order valence-corrected chi connectivity index (χ0v) is 15.8. The van der Waals surface area contributed by atoms with Gasteiger partial charge in [0.25, 0.3) is 5.91 Å². The number of halogens is 1. The highest BCUT2D eigenvalue weighted by atomic mass is 19.1. The number of hydrogen-bond acceptors (Lipinski definition) is 4. The summed E-state index contributed by atoms with van der Waals surface area (Å²) in [6.45, 7) is 2.31. The highest BCUT2D eigenvalue weighted by molar-refractivity contribution is 5.78. The van der Waals surface area contributed by atoms with Gasteiger partial charge in [0.15, 0.2) is 6.61 Å². The van der Waals surface area contributed by atoms with Gasteiger partial charge in [0.05, 0.1) is 6.61 Å². The van der Waals surface area contributed by atoms with Crippen LogP contribution in [0.3, 0.4) is 0 Å². The first-order valence-electron chi connectivity index (χ1n) is 8.94. The maximum absolute atomic E-state index is 13.7. The molecule has 146 valence electrons. The minimum absolute atomic E-state index is 0.176. The second kappa shape index (κ2) is 9.03. The van der Waals surface area contributed by atoms with Crippen LogP contribution in [-0.2, 0) is 11.8 Å². The van der Waals surface area contributed by atoms with Gasteiger partial charge in [0.2, 0.25) is 0 Å². The SMILES string of the molecule is CCOc1ccc(OCC(=O)NC(c2cccc(F)c2)c2nccn2C)cc1. The fourth-order valence-electron chi connectivity index (χ4n) is 2.79. The molecule has 0 aliphatic heterocycles. The molecule has 0 saturated heterocycles. The van der Waals surface area contributed by atoms with Gasteiger partial charge in [-0.1, -0.05) is 12.1 Å². The fraction of sp³-hybridized carbons (Fsp3) is 0.238. The van der Waals surface area contributed by atoms with Gasteiger partial charge >= 0.3 is 0 Å². The predicted octanol–water partition coefficient (Wildman–Crippen LogP) is 3.24. The summed E-state index contributed by atoms with van der Waals surface area (Å²) in [6.07, 6.45) is 3.40. The predicted molar refractivity (Wildman–Crippen MR) is 103 cm³/mol. The third-order valence-electron chi connectivity index (χ3n) is 4.11. The minimum Gasteiger partial charge on any atom is -0.494 e.